The van der Waals surface area contributed by atoms with Gasteiger partial charge in [-0.05, 0) is 79.6 Å². The van der Waals surface area contributed by atoms with E-state index in [9.17, 15) is 13.2 Å². The molecule has 3 aromatic rings. The third-order valence-corrected chi connectivity index (χ3v) is 8.07. The molecule has 1 N–H and O–H groups in total. The maximum absolute atomic E-state index is 13.5. The average molecular weight is 483 g/mol. The van der Waals surface area contributed by atoms with Crippen LogP contribution in [0, 0.1) is 6.92 Å². The van der Waals surface area contributed by atoms with Crippen LogP contribution in [0.15, 0.2) is 71.6 Å². The number of anilines is 1. The summed E-state index contributed by atoms with van der Waals surface area (Å²) >= 11 is 6.18. The summed E-state index contributed by atoms with van der Waals surface area (Å²) in [7, 11) is -3.98. The fourth-order valence-corrected chi connectivity index (χ4v) is 5.90. The topological polar surface area (TPSA) is 66.5 Å². The molecule has 3 aromatic carbocycles. The van der Waals surface area contributed by atoms with Crippen LogP contribution in [0.2, 0.25) is 5.02 Å². The van der Waals surface area contributed by atoms with Crippen LogP contribution in [-0.2, 0) is 27.7 Å². The molecule has 172 valence electrons. The number of hydrogen-bond acceptors (Lipinski definition) is 3. The standard InChI is InChI=1S/C26H27ClN2O3S/c1-18-11-14-23(27)16-25(18)29(33(31,32)24-9-4-3-5-10-24)17-26(30)28-19(2)21-13-12-20-7-6-8-22(20)15-21/h3-5,9-16,19H,6-8,17H2,1-2H3,(H,28,30)/t19-/m0/s1. The number of benzene rings is 3. The highest BCUT2D eigenvalue weighted by Crippen LogP contribution is 2.30. The van der Waals surface area contributed by atoms with Crippen molar-refractivity contribution in [3.8, 4) is 0 Å². The van der Waals surface area contributed by atoms with E-state index in [1.54, 1.807) is 43.3 Å². The van der Waals surface area contributed by atoms with E-state index < -0.39 is 10.0 Å². The smallest absolute Gasteiger partial charge is 0.264 e. The molecule has 1 atom stereocenters. The number of rotatable bonds is 7. The molecule has 0 aliphatic heterocycles. The Kier molecular flexibility index (Phi) is 6.77. The van der Waals surface area contributed by atoms with Crippen LogP contribution in [0.5, 0.6) is 0 Å². The molecule has 0 saturated heterocycles. The van der Waals surface area contributed by atoms with Crippen molar-refractivity contribution >= 4 is 33.2 Å². The van der Waals surface area contributed by atoms with Gasteiger partial charge >= 0.3 is 0 Å². The Morgan fingerprint density at radius 1 is 1.03 bits per heavy atom. The van der Waals surface area contributed by atoms with Gasteiger partial charge < -0.3 is 5.32 Å². The normalized spacial score (nSPS) is 13.9. The summed E-state index contributed by atoms with van der Waals surface area (Å²) in [5, 5.41) is 3.37. The first-order valence-corrected chi connectivity index (χ1v) is 12.8. The lowest BCUT2D eigenvalue weighted by Crippen LogP contribution is -2.42. The Morgan fingerprint density at radius 3 is 2.52 bits per heavy atom. The average Bonchev–Trinajstić information content (AvgIpc) is 3.27. The SMILES string of the molecule is Cc1ccc(Cl)cc1N(CC(=O)N[C@@H](C)c1ccc2c(c1)CCC2)S(=O)(=O)c1ccccc1. The molecular weight excluding hydrogens is 456 g/mol. The molecule has 33 heavy (non-hydrogen) atoms. The van der Waals surface area contributed by atoms with Crippen LogP contribution in [0.4, 0.5) is 5.69 Å². The molecular formula is C26H27ClN2O3S. The summed E-state index contributed by atoms with van der Waals surface area (Å²) in [5.41, 5.74) is 4.80. The molecule has 4 rings (SSSR count). The van der Waals surface area contributed by atoms with Crippen molar-refractivity contribution in [2.45, 2.75) is 44.0 Å². The fourth-order valence-electron chi connectivity index (χ4n) is 4.23. The molecule has 1 aliphatic rings. The second kappa shape index (κ2) is 9.57. The Balaban J connectivity index is 1.61. The molecule has 1 amide bonds. The molecule has 5 nitrogen and oxygen atoms in total. The summed E-state index contributed by atoms with van der Waals surface area (Å²) in [6.07, 6.45) is 3.31. The highest BCUT2D eigenvalue weighted by molar-refractivity contribution is 7.92. The second-order valence-corrected chi connectivity index (χ2v) is 10.7. The molecule has 0 fully saturated rings. The molecule has 7 heteroatoms. The first-order valence-electron chi connectivity index (χ1n) is 11.0. The molecule has 1 aliphatic carbocycles. The van der Waals surface area contributed by atoms with Crippen LogP contribution in [0.1, 0.15) is 41.6 Å². The molecule has 0 unspecified atom stereocenters. The van der Waals surface area contributed by atoms with E-state index in [1.807, 2.05) is 13.0 Å². The van der Waals surface area contributed by atoms with Crippen molar-refractivity contribution in [3.63, 3.8) is 0 Å². The monoisotopic (exact) mass is 482 g/mol. The predicted molar refractivity (Wildman–Crippen MR) is 132 cm³/mol. The van der Waals surface area contributed by atoms with Crippen LogP contribution in [0.3, 0.4) is 0 Å². The number of halogens is 1. The largest absolute Gasteiger partial charge is 0.348 e. The predicted octanol–water partition coefficient (Wildman–Crippen LogP) is 5.21. The van der Waals surface area contributed by atoms with E-state index in [4.69, 9.17) is 11.6 Å². The Bertz CT molecular complexity index is 1280. The van der Waals surface area contributed by atoms with Gasteiger partial charge in [0, 0.05) is 5.02 Å². The second-order valence-electron chi connectivity index (χ2n) is 8.43. The fraction of sp³-hybridized carbons (Fsp3) is 0.269. The van der Waals surface area contributed by atoms with Crippen molar-refractivity contribution in [2.75, 3.05) is 10.8 Å². The van der Waals surface area contributed by atoms with Gasteiger partial charge in [-0.3, -0.25) is 9.10 Å². The molecule has 0 radical (unpaired) electrons. The Labute approximate surface area is 200 Å². The minimum absolute atomic E-state index is 0.115. The van der Waals surface area contributed by atoms with E-state index in [0.29, 0.717) is 16.3 Å². The van der Waals surface area contributed by atoms with Gasteiger partial charge in [-0.25, -0.2) is 8.42 Å². The summed E-state index contributed by atoms with van der Waals surface area (Å²) < 4.78 is 28.2. The van der Waals surface area contributed by atoms with Crippen molar-refractivity contribution in [1.82, 2.24) is 5.32 Å². The maximum atomic E-state index is 13.5. The van der Waals surface area contributed by atoms with E-state index in [1.165, 1.54) is 23.3 Å². The highest BCUT2D eigenvalue weighted by atomic mass is 35.5. The zero-order chi connectivity index (χ0) is 23.6. The van der Waals surface area contributed by atoms with Crippen molar-refractivity contribution in [3.05, 3.63) is 94.0 Å². The summed E-state index contributed by atoms with van der Waals surface area (Å²) in [6.45, 7) is 3.35. The van der Waals surface area contributed by atoms with Gasteiger partial charge in [0.25, 0.3) is 10.0 Å². The van der Waals surface area contributed by atoms with Gasteiger partial charge in [-0.1, -0.05) is 54.1 Å². The number of aryl methyl sites for hydroxylation is 3. The summed E-state index contributed by atoms with van der Waals surface area (Å²) in [5.74, 6) is -0.387. The molecule has 0 bridgehead atoms. The number of carbonyl (C=O) groups excluding carboxylic acids is 1. The van der Waals surface area contributed by atoms with Crippen LogP contribution in [0.25, 0.3) is 0 Å². The van der Waals surface area contributed by atoms with Crippen LogP contribution < -0.4 is 9.62 Å². The summed E-state index contributed by atoms with van der Waals surface area (Å²) in [6, 6.07) is 19.2. The Hall–Kier alpha value is -2.83. The lowest BCUT2D eigenvalue weighted by atomic mass is 10.0. The third-order valence-electron chi connectivity index (χ3n) is 6.06. The van der Waals surface area contributed by atoms with E-state index >= 15 is 0 Å². The first kappa shape index (κ1) is 23.3. The number of amides is 1. The number of hydrogen-bond donors (Lipinski definition) is 1. The number of nitrogens with one attached hydrogen (secondary N) is 1. The highest BCUT2D eigenvalue weighted by Gasteiger charge is 2.29. The van der Waals surface area contributed by atoms with E-state index in [0.717, 1.165) is 29.1 Å². The van der Waals surface area contributed by atoms with Gasteiger partial charge in [-0.2, -0.15) is 0 Å². The van der Waals surface area contributed by atoms with Crippen LogP contribution in [-0.4, -0.2) is 20.9 Å². The molecule has 0 saturated carbocycles. The number of fused-ring (bicyclic) bond motifs is 1. The molecule has 0 heterocycles. The van der Waals surface area contributed by atoms with Gasteiger partial charge in [0.15, 0.2) is 0 Å². The van der Waals surface area contributed by atoms with Crippen molar-refractivity contribution < 1.29 is 13.2 Å². The van der Waals surface area contributed by atoms with E-state index in [-0.39, 0.29) is 23.4 Å². The lowest BCUT2D eigenvalue weighted by Gasteiger charge is -2.26. The van der Waals surface area contributed by atoms with Crippen molar-refractivity contribution in [1.29, 1.82) is 0 Å². The van der Waals surface area contributed by atoms with Gasteiger partial charge in [0.05, 0.1) is 16.6 Å². The number of sulfonamides is 1. The maximum Gasteiger partial charge on any atom is 0.264 e. The first-order chi connectivity index (χ1) is 15.8. The van der Waals surface area contributed by atoms with Gasteiger partial charge in [-0.15, -0.1) is 0 Å². The van der Waals surface area contributed by atoms with Gasteiger partial charge in [0.2, 0.25) is 5.91 Å². The molecule has 0 aromatic heterocycles. The minimum atomic E-state index is -3.98. The van der Waals surface area contributed by atoms with Crippen molar-refractivity contribution in [2.24, 2.45) is 0 Å². The van der Waals surface area contributed by atoms with Crippen LogP contribution >= 0.6 is 11.6 Å². The lowest BCUT2D eigenvalue weighted by molar-refractivity contribution is -0.120. The Morgan fingerprint density at radius 2 is 1.76 bits per heavy atom. The summed E-state index contributed by atoms with van der Waals surface area (Å²) in [4.78, 5) is 13.2. The van der Waals surface area contributed by atoms with Gasteiger partial charge in [0.1, 0.15) is 6.54 Å². The van der Waals surface area contributed by atoms with E-state index in [2.05, 4.69) is 17.4 Å². The minimum Gasteiger partial charge on any atom is -0.348 e. The third kappa shape index (κ3) is 5.07. The zero-order valence-corrected chi connectivity index (χ0v) is 20.3. The zero-order valence-electron chi connectivity index (χ0n) is 18.7. The number of nitrogens with zero attached hydrogens (tertiary/aromatic N) is 1. The molecule has 0 spiro atoms. The number of carbonyl (C=O) groups is 1. The quantitative estimate of drug-likeness (QED) is 0.502.